The normalized spacial score (nSPS) is 20.7. The fraction of sp³-hybridized carbons (Fsp3) is 0.100. The molecule has 306 valence electrons. The van der Waals surface area contributed by atoms with Crippen molar-refractivity contribution in [3.05, 3.63) is 258 Å². The van der Waals surface area contributed by atoms with Gasteiger partial charge in [0.1, 0.15) is 0 Å². The summed E-state index contributed by atoms with van der Waals surface area (Å²) < 4.78 is 2.69. The Hall–Kier alpha value is -6.98. The molecule has 0 saturated carbocycles. The summed E-state index contributed by atoms with van der Waals surface area (Å²) in [6.07, 6.45) is 23.8. The van der Waals surface area contributed by atoms with Gasteiger partial charge in [-0.25, -0.2) is 0 Å². The average molecular weight is 855 g/mol. The zero-order valence-electron chi connectivity index (χ0n) is 35.5. The summed E-state index contributed by atoms with van der Waals surface area (Å²) in [4.78, 5) is 5.26. The Morgan fingerprint density at radius 1 is 0.516 bits per heavy atom. The lowest BCUT2D eigenvalue weighted by molar-refractivity contribution is 0.691. The van der Waals surface area contributed by atoms with Gasteiger partial charge in [0.05, 0.1) is 12.1 Å². The maximum atomic E-state index is 2.67. The van der Waals surface area contributed by atoms with Crippen molar-refractivity contribution >= 4 is 66.5 Å². The molecule has 0 amide bonds. The van der Waals surface area contributed by atoms with Crippen molar-refractivity contribution in [3.63, 3.8) is 0 Å². The van der Waals surface area contributed by atoms with Crippen LogP contribution in [0.2, 0.25) is 0 Å². The lowest BCUT2D eigenvalue weighted by Crippen LogP contribution is -2.69. The zero-order valence-corrected chi connectivity index (χ0v) is 37.3. The molecular weight excluding hydrogens is 809 g/mol. The maximum Gasteiger partial charge on any atom is 0.175 e. The molecule has 8 aromatic rings. The maximum absolute atomic E-state index is 2.85. The summed E-state index contributed by atoms with van der Waals surface area (Å²) in [6.45, 7) is 0. The molecule has 4 unspecified atom stereocenters. The van der Waals surface area contributed by atoms with Crippen molar-refractivity contribution in [2.24, 2.45) is 0 Å². The van der Waals surface area contributed by atoms with Crippen molar-refractivity contribution in [1.82, 2.24) is 0 Å². The van der Waals surface area contributed by atoms with Gasteiger partial charge in [-0.15, -0.1) is 11.3 Å². The Morgan fingerprint density at radius 3 is 1.94 bits per heavy atom. The topological polar surface area (TPSA) is 6.48 Å². The average Bonchev–Trinajstić information content (AvgIpc) is 4.03. The molecule has 3 heterocycles. The molecule has 4 heteroatoms. The van der Waals surface area contributed by atoms with Gasteiger partial charge in [-0.1, -0.05) is 205 Å². The SMILES string of the molecule is C1=CC2c3ccccc3N(C3=CC4c5ccccc5N(C5=CCCC([Si](c6ccccc6)(c6ccccc6)c6cccc(-c7cccc8c7sc7ccccc78)c6)=C5)C4C=C3)C2C=C1. The van der Waals surface area contributed by atoms with Crippen LogP contribution >= 0.6 is 11.3 Å². The molecule has 0 N–H and O–H groups in total. The summed E-state index contributed by atoms with van der Waals surface area (Å²) in [6, 6.07) is 67.0. The number of fused-ring (bicyclic) bond motifs is 9. The molecule has 0 bridgehead atoms. The van der Waals surface area contributed by atoms with Crippen molar-refractivity contribution in [1.29, 1.82) is 0 Å². The first kappa shape index (κ1) is 37.6. The van der Waals surface area contributed by atoms with Crippen LogP contribution in [0, 0.1) is 0 Å². The molecule has 3 aliphatic carbocycles. The molecule has 2 nitrogen and oxygen atoms in total. The third-order valence-electron chi connectivity index (χ3n) is 14.5. The molecular formula is C60H46N2SSi. The van der Waals surface area contributed by atoms with E-state index < -0.39 is 8.07 Å². The van der Waals surface area contributed by atoms with Gasteiger partial charge in [-0.2, -0.15) is 0 Å². The fourth-order valence-electron chi connectivity index (χ4n) is 11.9. The van der Waals surface area contributed by atoms with Gasteiger partial charge in [0.15, 0.2) is 8.07 Å². The molecule has 5 aliphatic rings. The predicted octanol–water partition coefficient (Wildman–Crippen LogP) is 12.9. The Balaban J connectivity index is 0.951. The van der Waals surface area contributed by atoms with E-state index >= 15 is 0 Å². The van der Waals surface area contributed by atoms with Crippen LogP contribution in [0.3, 0.4) is 0 Å². The third-order valence-corrected chi connectivity index (χ3v) is 20.7. The van der Waals surface area contributed by atoms with Gasteiger partial charge in [0.25, 0.3) is 0 Å². The molecule has 1 aromatic heterocycles. The minimum atomic E-state index is -2.85. The van der Waals surface area contributed by atoms with E-state index in [1.54, 1.807) is 5.20 Å². The Bertz CT molecular complexity index is 3290. The third kappa shape index (κ3) is 5.69. The van der Waals surface area contributed by atoms with E-state index in [-0.39, 0.29) is 18.0 Å². The molecule has 13 rings (SSSR count). The van der Waals surface area contributed by atoms with E-state index in [1.807, 2.05) is 11.3 Å². The van der Waals surface area contributed by atoms with E-state index in [9.17, 15) is 0 Å². The van der Waals surface area contributed by atoms with Crippen molar-refractivity contribution in [3.8, 4) is 11.1 Å². The number of hydrogen-bond donors (Lipinski definition) is 0. The molecule has 64 heavy (non-hydrogen) atoms. The first-order valence-corrected chi connectivity index (χ1v) is 25.6. The number of para-hydroxylation sites is 2. The lowest BCUT2D eigenvalue weighted by atomic mass is 9.89. The van der Waals surface area contributed by atoms with E-state index in [4.69, 9.17) is 0 Å². The highest BCUT2D eigenvalue weighted by molar-refractivity contribution is 7.26. The summed E-state index contributed by atoms with van der Waals surface area (Å²) in [5.41, 5.74) is 10.6. The summed E-state index contributed by atoms with van der Waals surface area (Å²) in [5.74, 6) is 0.587. The predicted molar refractivity (Wildman–Crippen MR) is 274 cm³/mol. The minimum Gasteiger partial charge on any atom is -0.334 e. The van der Waals surface area contributed by atoms with Gasteiger partial charge in [-0.3, -0.25) is 0 Å². The van der Waals surface area contributed by atoms with Crippen LogP contribution in [-0.4, -0.2) is 20.2 Å². The summed E-state index contributed by atoms with van der Waals surface area (Å²) in [7, 11) is -2.85. The number of nitrogens with zero attached hydrogens (tertiary/aromatic N) is 2. The molecule has 0 saturated heterocycles. The van der Waals surface area contributed by atoms with Gasteiger partial charge >= 0.3 is 0 Å². The summed E-state index contributed by atoms with van der Waals surface area (Å²) in [5, 5.41) is 8.49. The standard InChI is InChI=1S/C60H46N2SSi/c1-3-20-44(21-4-1)64(45-22-5-2-6-23-45,46-24-15-18-41(38-46)48-30-17-31-53-52-29-10-14-35-59(52)63-60(48)53)47-25-16-19-42(39-47)61-57-34-13-9-28-51(57)54-40-43(36-37-58(54)61)62-55-32-11-7-26-49(55)50-27-8-12-33-56(50)62/h1-15,17-24,26-40,49,54-55,58H,16,25H2. The van der Waals surface area contributed by atoms with E-state index in [0.29, 0.717) is 5.92 Å². The molecule has 0 spiro atoms. The number of hydrogen-bond acceptors (Lipinski definition) is 3. The monoisotopic (exact) mass is 854 g/mol. The Labute approximate surface area is 380 Å². The van der Waals surface area contributed by atoms with Crippen molar-refractivity contribution in [2.75, 3.05) is 9.80 Å². The second kappa shape index (κ2) is 15.1. The molecule has 2 aliphatic heterocycles. The quantitative estimate of drug-likeness (QED) is 0.116. The lowest BCUT2D eigenvalue weighted by Gasteiger charge is -2.39. The van der Waals surface area contributed by atoms with Crippen LogP contribution in [-0.2, 0) is 0 Å². The largest absolute Gasteiger partial charge is 0.334 e. The number of anilines is 2. The van der Waals surface area contributed by atoms with Gasteiger partial charge < -0.3 is 9.80 Å². The molecule has 0 fully saturated rings. The number of thiophene rings is 1. The van der Waals surface area contributed by atoms with Crippen LogP contribution in [0.15, 0.2) is 247 Å². The van der Waals surface area contributed by atoms with Gasteiger partial charge in [-0.05, 0) is 81.0 Å². The molecule has 0 radical (unpaired) electrons. The highest BCUT2D eigenvalue weighted by atomic mass is 32.1. The number of rotatable bonds is 7. The van der Waals surface area contributed by atoms with Crippen LogP contribution in [0.5, 0.6) is 0 Å². The van der Waals surface area contributed by atoms with Crippen molar-refractivity contribution < 1.29 is 0 Å². The number of allylic oxidation sites excluding steroid dienone is 6. The van der Waals surface area contributed by atoms with Crippen LogP contribution in [0.4, 0.5) is 11.4 Å². The van der Waals surface area contributed by atoms with Crippen LogP contribution in [0.1, 0.15) is 35.8 Å². The second-order valence-electron chi connectivity index (χ2n) is 17.8. The number of benzene rings is 7. The molecule has 4 atom stereocenters. The smallest absolute Gasteiger partial charge is 0.175 e. The first-order valence-electron chi connectivity index (χ1n) is 22.8. The molecule has 7 aromatic carbocycles. The van der Waals surface area contributed by atoms with Gasteiger partial charge in [0.2, 0.25) is 0 Å². The first-order chi connectivity index (χ1) is 31.8. The Kier molecular flexibility index (Phi) is 8.85. The second-order valence-corrected chi connectivity index (χ2v) is 22.7. The van der Waals surface area contributed by atoms with E-state index in [0.717, 1.165) is 12.8 Å². The van der Waals surface area contributed by atoms with Crippen LogP contribution in [0.25, 0.3) is 31.3 Å². The van der Waals surface area contributed by atoms with E-state index in [1.165, 1.54) is 80.8 Å². The van der Waals surface area contributed by atoms with Crippen LogP contribution < -0.4 is 25.4 Å². The van der Waals surface area contributed by atoms with Crippen molar-refractivity contribution in [2.45, 2.75) is 36.8 Å². The highest BCUT2D eigenvalue weighted by Gasteiger charge is 2.46. The minimum absolute atomic E-state index is 0.174. The van der Waals surface area contributed by atoms with E-state index in [2.05, 4.69) is 240 Å². The van der Waals surface area contributed by atoms with Gasteiger partial charge in [0, 0.05) is 54.8 Å². The zero-order chi connectivity index (χ0) is 42.2. The fourth-order valence-corrected chi connectivity index (χ4v) is 18.2. The summed E-state index contributed by atoms with van der Waals surface area (Å²) >= 11 is 1.91. The Morgan fingerprint density at radius 2 is 1.14 bits per heavy atom. The highest BCUT2D eigenvalue weighted by Crippen LogP contribution is 2.51.